The molecule has 2 aromatic heterocycles. The smallest absolute Gasteiger partial charge is 0.227 e. The van der Waals surface area contributed by atoms with E-state index in [0.29, 0.717) is 23.2 Å². The van der Waals surface area contributed by atoms with Gasteiger partial charge in [-0.1, -0.05) is 16.8 Å². The molecule has 8 heteroatoms. The van der Waals surface area contributed by atoms with Gasteiger partial charge in [-0.2, -0.15) is 0 Å². The molecule has 174 valence electrons. The first-order valence-electron chi connectivity index (χ1n) is 11.6. The van der Waals surface area contributed by atoms with E-state index >= 15 is 0 Å². The normalized spacial score (nSPS) is 18.6. The van der Waals surface area contributed by atoms with Crippen LogP contribution in [0.4, 0.5) is 5.69 Å². The number of methoxy groups -OCH3 is 1. The molecule has 34 heavy (non-hydrogen) atoms. The molecule has 7 nitrogen and oxygen atoms in total. The Morgan fingerprint density at radius 2 is 2.00 bits per heavy atom. The van der Waals surface area contributed by atoms with Crippen LogP contribution in [0, 0.1) is 6.92 Å². The number of carbonyl (C=O) groups excluding carboxylic acids is 1. The lowest BCUT2D eigenvalue weighted by molar-refractivity contribution is -0.117. The van der Waals surface area contributed by atoms with E-state index in [1.807, 2.05) is 30.0 Å². The quantitative estimate of drug-likeness (QED) is 0.340. The van der Waals surface area contributed by atoms with Gasteiger partial charge in [-0.15, -0.1) is 0 Å². The zero-order valence-corrected chi connectivity index (χ0v) is 19.9. The minimum Gasteiger partial charge on any atom is -0.495 e. The lowest BCUT2D eigenvalue weighted by Crippen LogP contribution is -2.30. The second-order valence-electron chi connectivity index (χ2n) is 9.09. The highest BCUT2D eigenvalue weighted by molar-refractivity contribution is 6.32. The Morgan fingerprint density at radius 3 is 2.74 bits per heavy atom. The number of fused-ring (bicyclic) bond motifs is 1. The topological polar surface area (TPSA) is 73.4 Å². The van der Waals surface area contributed by atoms with Crippen molar-refractivity contribution in [3.8, 4) is 17.0 Å². The molecule has 1 aliphatic heterocycles. The van der Waals surface area contributed by atoms with Gasteiger partial charge in [0.15, 0.2) is 5.58 Å². The van der Waals surface area contributed by atoms with E-state index in [-0.39, 0.29) is 11.9 Å². The third kappa shape index (κ3) is 3.38. The monoisotopic (exact) mass is 476 g/mol. The van der Waals surface area contributed by atoms with Crippen LogP contribution in [0.15, 0.2) is 47.1 Å². The van der Waals surface area contributed by atoms with Crippen molar-refractivity contribution in [3.63, 3.8) is 0 Å². The van der Waals surface area contributed by atoms with E-state index in [2.05, 4.69) is 22.0 Å². The summed E-state index contributed by atoms with van der Waals surface area (Å²) in [7, 11) is 1.58. The summed E-state index contributed by atoms with van der Waals surface area (Å²) < 4.78 is 13.0. The summed E-state index contributed by atoms with van der Waals surface area (Å²) in [6, 6.07) is 11.8. The Kier molecular flexibility index (Phi) is 5.10. The summed E-state index contributed by atoms with van der Waals surface area (Å²) in [5, 5.41) is 5.55. The number of nitrogens with zero attached hydrogens (tertiary/aromatic N) is 4. The van der Waals surface area contributed by atoms with Crippen LogP contribution < -0.4 is 9.64 Å². The number of aryl methyl sites for hydroxylation is 1. The fraction of sp³-hybridized carbons (Fsp3) is 0.346. The summed E-state index contributed by atoms with van der Waals surface area (Å²) in [5.74, 6) is 1.60. The lowest BCUT2D eigenvalue weighted by atomic mass is 9.92. The molecule has 0 spiro atoms. The van der Waals surface area contributed by atoms with Gasteiger partial charge in [-0.3, -0.25) is 4.79 Å². The Labute approximate surface area is 202 Å². The second kappa shape index (κ2) is 8.17. The first kappa shape index (κ1) is 21.2. The minimum atomic E-state index is -0.146. The Balaban J connectivity index is 1.43. The summed E-state index contributed by atoms with van der Waals surface area (Å²) in [5.41, 5.74) is 4.31. The number of aromatic nitrogens is 3. The van der Waals surface area contributed by atoms with Crippen molar-refractivity contribution in [1.29, 1.82) is 0 Å². The molecule has 3 heterocycles. The van der Waals surface area contributed by atoms with E-state index < -0.39 is 0 Å². The molecular weight excluding hydrogens is 452 g/mol. The number of imidazole rings is 1. The van der Waals surface area contributed by atoms with Gasteiger partial charge in [0.2, 0.25) is 5.91 Å². The number of hydrogen-bond acceptors (Lipinski definition) is 5. The van der Waals surface area contributed by atoms with Crippen molar-refractivity contribution in [2.24, 2.45) is 0 Å². The molecule has 1 saturated heterocycles. The first-order chi connectivity index (χ1) is 16.5. The van der Waals surface area contributed by atoms with Gasteiger partial charge < -0.3 is 18.7 Å². The summed E-state index contributed by atoms with van der Waals surface area (Å²) in [6.45, 7) is 1.94. The van der Waals surface area contributed by atoms with Gasteiger partial charge in [0.05, 0.1) is 29.6 Å². The first-order valence-corrected chi connectivity index (χ1v) is 12.0. The van der Waals surface area contributed by atoms with Crippen LogP contribution in [0.5, 0.6) is 5.75 Å². The largest absolute Gasteiger partial charge is 0.495 e. The van der Waals surface area contributed by atoms with Crippen molar-refractivity contribution >= 4 is 34.2 Å². The molecule has 0 unspecified atom stereocenters. The fourth-order valence-electron chi connectivity index (χ4n) is 5.03. The van der Waals surface area contributed by atoms with Gasteiger partial charge in [0.1, 0.15) is 11.6 Å². The van der Waals surface area contributed by atoms with Crippen LogP contribution in [-0.4, -0.2) is 27.7 Å². The molecule has 2 fully saturated rings. The molecule has 2 aliphatic rings. The van der Waals surface area contributed by atoms with Crippen LogP contribution >= 0.6 is 11.6 Å². The maximum atomic E-state index is 13.0. The van der Waals surface area contributed by atoms with E-state index in [9.17, 15) is 4.79 Å². The number of carbonyl (C=O) groups is 1. The molecule has 6 rings (SSSR count). The van der Waals surface area contributed by atoms with Crippen molar-refractivity contribution in [2.75, 3.05) is 12.0 Å². The average molecular weight is 477 g/mol. The van der Waals surface area contributed by atoms with E-state index in [1.165, 1.54) is 6.42 Å². The minimum absolute atomic E-state index is 0.0810. The van der Waals surface area contributed by atoms with Gasteiger partial charge in [0, 0.05) is 35.3 Å². The Morgan fingerprint density at radius 1 is 1.15 bits per heavy atom. The van der Waals surface area contributed by atoms with Crippen LogP contribution in [0.1, 0.15) is 55.7 Å². The molecular formula is C26H25ClN4O3. The second-order valence-corrected chi connectivity index (χ2v) is 9.50. The molecule has 0 N–H and O–H groups in total. The number of rotatable bonds is 5. The molecule has 1 saturated carbocycles. The van der Waals surface area contributed by atoms with Crippen LogP contribution in [-0.2, 0) is 4.79 Å². The van der Waals surface area contributed by atoms with Gasteiger partial charge in [-0.05, 0) is 69.0 Å². The van der Waals surface area contributed by atoms with Crippen LogP contribution in [0.25, 0.3) is 22.2 Å². The SMILES string of the molecule is COc1ccc(N2C(=O)CC[C@H]2c2nc(-c3ccc4onc(C)c4c3)cn2C2CCC2)cc1Cl. The van der Waals surface area contributed by atoms with E-state index in [1.54, 1.807) is 19.2 Å². The standard InChI is InChI=1S/C26H25ClN4O3/c1-15-19-12-16(6-9-23(19)34-29-15)21-14-30(17-4-3-5-17)26(28-21)22-8-11-25(32)31(22)18-7-10-24(33-2)20(27)13-18/h6-7,9-10,12-14,17,22H,3-5,8,11H2,1-2H3/t22-/m0/s1. The van der Waals surface area contributed by atoms with Crippen molar-refractivity contribution in [1.82, 2.24) is 14.7 Å². The zero-order valence-electron chi connectivity index (χ0n) is 19.1. The van der Waals surface area contributed by atoms with Crippen LogP contribution in [0.3, 0.4) is 0 Å². The molecule has 4 aromatic rings. The fourth-order valence-corrected chi connectivity index (χ4v) is 5.28. The van der Waals surface area contributed by atoms with Crippen molar-refractivity contribution in [3.05, 3.63) is 59.1 Å². The predicted molar refractivity (Wildman–Crippen MR) is 130 cm³/mol. The van der Waals surface area contributed by atoms with E-state index in [0.717, 1.165) is 58.7 Å². The molecule has 2 aromatic carbocycles. The number of ether oxygens (including phenoxy) is 1. The van der Waals surface area contributed by atoms with Gasteiger partial charge in [-0.25, -0.2) is 4.98 Å². The Bertz CT molecular complexity index is 1400. The number of amides is 1. The predicted octanol–water partition coefficient (Wildman–Crippen LogP) is 6.25. The lowest BCUT2D eigenvalue weighted by Gasteiger charge is -2.32. The molecule has 1 aliphatic carbocycles. The Hall–Kier alpha value is -3.32. The van der Waals surface area contributed by atoms with Gasteiger partial charge >= 0.3 is 0 Å². The van der Waals surface area contributed by atoms with Crippen molar-refractivity contribution < 1.29 is 14.1 Å². The summed E-state index contributed by atoms with van der Waals surface area (Å²) in [4.78, 5) is 20.0. The highest BCUT2D eigenvalue weighted by atomic mass is 35.5. The average Bonchev–Trinajstić information content (AvgIpc) is 3.49. The maximum absolute atomic E-state index is 13.0. The van der Waals surface area contributed by atoms with Gasteiger partial charge in [0.25, 0.3) is 0 Å². The highest BCUT2D eigenvalue weighted by Gasteiger charge is 2.38. The molecule has 1 atom stereocenters. The third-order valence-corrected chi connectivity index (χ3v) is 7.39. The highest BCUT2D eigenvalue weighted by Crippen LogP contribution is 2.43. The van der Waals surface area contributed by atoms with Crippen molar-refractivity contribution in [2.45, 2.75) is 51.1 Å². The summed E-state index contributed by atoms with van der Waals surface area (Å²) >= 11 is 6.40. The molecule has 0 radical (unpaired) electrons. The van der Waals surface area contributed by atoms with E-state index in [4.69, 9.17) is 25.8 Å². The molecule has 0 bridgehead atoms. The number of benzene rings is 2. The number of hydrogen-bond donors (Lipinski definition) is 0. The van der Waals surface area contributed by atoms with Crippen LogP contribution in [0.2, 0.25) is 5.02 Å². The molecule has 1 amide bonds. The number of halogens is 1. The summed E-state index contributed by atoms with van der Waals surface area (Å²) in [6.07, 6.45) is 6.81. The zero-order chi connectivity index (χ0) is 23.4. The maximum Gasteiger partial charge on any atom is 0.227 e. The third-order valence-electron chi connectivity index (χ3n) is 7.10. The number of anilines is 1.